The molecule has 1 N–H and O–H groups in total. The lowest BCUT2D eigenvalue weighted by atomic mass is 10.1. The SMILES string of the molecule is Cc1ccc(OCCOc2ccc(/C=C(/C#N)C(=O)Nc3nnc(-c4ccccc4C)s3)cc2)cc1. The Morgan fingerprint density at radius 3 is 2.22 bits per heavy atom. The van der Waals surface area contributed by atoms with Crippen LogP contribution in [0, 0.1) is 25.2 Å². The summed E-state index contributed by atoms with van der Waals surface area (Å²) in [7, 11) is 0. The number of ether oxygens (including phenoxy) is 2. The summed E-state index contributed by atoms with van der Waals surface area (Å²) in [5.41, 5.74) is 3.86. The number of carbonyl (C=O) groups excluding carboxylic acids is 1. The van der Waals surface area contributed by atoms with Gasteiger partial charge in [0, 0.05) is 5.56 Å². The fourth-order valence-electron chi connectivity index (χ4n) is 3.29. The Bertz CT molecular complexity index is 1400. The topological polar surface area (TPSA) is 97.1 Å². The van der Waals surface area contributed by atoms with Crippen LogP contribution in [0.5, 0.6) is 11.5 Å². The van der Waals surface area contributed by atoms with E-state index in [-0.39, 0.29) is 5.57 Å². The molecule has 0 aliphatic rings. The van der Waals surface area contributed by atoms with Gasteiger partial charge in [0.05, 0.1) is 0 Å². The Hall–Kier alpha value is -4.48. The molecule has 8 heteroatoms. The zero-order valence-corrected chi connectivity index (χ0v) is 20.7. The summed E-state index contributed by atoms with van der Waals surface area (Å²) in [6, 6.07) is 24.7. The Balaban J connectivity index is 1.31. The second-order valence-electron chi connectivity index (χ2n) is 7.93. The van der Waals surface area contributed by atoms with Gasteiger partial charge in [0.15, 0.2) is 0 Å². The highest BCUT2D eigenvalue weighted by molar-refractivity contribution is 7.18. The summed E-state index contributed by atoms with van der Waals surface area (Å²) >= 11 is 1.26. The quantitative estimate of drug-likeness (QED) is 0.178. The minimum atomic E-state index is -0.543. The number of nitrogens with zero attached hydrogens (tertiary/aromatic N) is 3. The first-order valence-corrected chi connectivity index (χ1v) is 12.1. The van der Waals surface area contributed by atoms with E-state index in [1.165, 1.54) is 23.0 Å². The van der Waals surface area contributed by atoms with Crippen LogP contribution in [0.15, 0.2) is 78.4 Å². The van der Waals surface area contributed by atoms with Gasteiger partial charge in [-0.25, -0.2) is 0 Å². The first-order valence-electron chi connectivity index (χ1n) is 11.3. The van der Waals surface area contributed by atoms with E-state index < -0.39 is 5.91 Å². The molecule has 180 valence electrons. The van der Waals surface area contributed by atoms with E-state index in [0.717, 1.165) is 16.9 Å². The second kappa shape index (κ2) is 11.8. The van der Waals surface area contributed by atoms with Crippen molar-refractivity contribution in [2.75, 3.05) is 18.5 Å². The highest BCUT2D eigenvalue weighted by Gasteiger charge is 2.14. The molecule has 0 unspecified atom stereocenters. The number of hydrogen-bond donors (Lipinski definition) is 1. The maximum Gasteiger partial charge on any atom is 0.268 e. The van der Waals surface area contributed by atoms with Gasteiger partial charge in [-0.15, -0.1) is 10.2 Å². The van der Waals surface area contributed by atoms with Crippen molar-refractivity contribution in [1.29, 1.82) is 5.26 Å². The summed E-state index contributed by atoms with van der Waals surface area (Å²) < 4.78 is 11.4. The standard InChI is InChI=1S/C28H24N4O3S/c1-19-7-11-23(12-8-19)34-15-16-35-24-13-9-21(10-14-24)17-22(18-29)26(33)30-28-32-31-27(36-28)25-6-4-3-5-20(25)2/h3-14,17H,15-16H2,1-2H3,(H,30,32,33)/b22-17-. The third kappa shape index (κ3) is 6.56. The molecule has 0 saturated heterocycles. The van der Waals surface area contributed by atoms with Gasteiger partial charge in [-0.2, -0.15) is 5.26 Å². The Morgan fingerprint density at radius 1 is 0.944 bits per heavy atom. The van der Waals surface area contributed by atoms with Gasteiger partial charge in [0.1, 0.15) is 41.4 Å². The largest absolute Gasteiger partial charge is 0.490 e. The van der Waals surface area contributed by atoms with Gasteiger partial charge in [-0.1, -0.05) is 65.4 Å². The zero-order chi connectivity index (χ0) is 25.3. The third-order valence-corrected chi connectivity index (χ3v) is 6.09. The van der Waals surface area contributed by atoms with Crippen molar-refractivity contribution in [2.45, 2.75) is 13.8 Å². The molecule has 0 radical (unpaired) electrons. The lowest BCUT2D eigenvalue weighted by molar-refractivity contribution is -0.112. The van der Waals surface area contributed by atoms with Gasteiger partial charge in [-0.3, -0.25) is 10.1 Å². The maximum absolute atomic E-state index is 12.6. The van der Waals surface area contributed by atoms with Crippen LogP contribution in [0.1, 0.15) is 16.7 Å². The van der Waals surface area contributed by atoms with Crippen LogP contribution in [0.3, 0.4) is 0 Å². The van der Waals surface area contributed by atoms with E-state index in [4.69, 9.17) is 9.47 Å². The Labute approximate surface area is 213 Å². The van der Waals surface area contributed by atoms with Crippen molar-refractivity contribution in [3.8, 4) is 28.1 Å². The average Bonchev–Trinajstić information content (AvgIpc) is 3.35. The van der Waals surface area contributed by atoms with E-state index in [1.807, 2.05) is 68.4 Å². The minimum absolute atomic E-state index is 0.0391. The van der Waals surface area contributed by atoms with Crippen molar-refractivity contribution in [2.24, 2.45) is 0 Å². The van der Waals surface area contributed by atoms with Crippen LogP contribution >= 0.6 is 11.3 Å². The van der Waals surface area contributed by atoms with Crippen molar-refractivity contribution in [3.63, 3.8) is 0 Å². The zero-order valence-electron chi connectivity index (χ0n) is 19.9. The van der Waals surface area contributed by atoms with Gasteiger partial charge in [0.2, 0.25) is 5.13 Å². The van der Waals surface area contributed by atoms with E-state index in [0.29, 0.717) is 34.7 Å². The fraction of sp³-hybridized carbons (Fsp3) is 0.143. The lowest BCUT2D eigenvalue weighted by Gasteiger charge is -2.09. The number of amides is 1. The van der Waals surface area contributed by atoms with E-state index >= 15 is 0 Å². The van der Waals surface area contributed by atoms with Crippen LogP contribution in [0.2, 0.25) is 0 Å². The smallest absolute Gasteiger partial charge is 0.268 e. The molecule has 0 aliphatic carbocycles. The molecule has 4 rings (SSSR count). The normalized spacial score (nSPS) is 11.0. The predicted octanol–water partition coefficient (Wildman–Crippen LogP) is 5.83. The minimum Gasteiger partial charge on any atom is -0.490 e. The van der Waals surface area contributed by atoms with Gasteiger partial charge in [-0.05, 0) is 55.3 Å². The molecule has 0 fully saturated rings. The van der Waals surface area contributed by atoms with E-state index in [1.54, 1.807) is 24.3 Å². The Kier molecular flexibility index (Phi) is 8.06. The number of rotatable bonds is 9. The van der Waals surface area contributed by atoms with Gasteiger partial charge >= 0.3 is 0 Å². The molecule has 3 aromatic carbocycles. The fourth-order valence-corrected chi connectivity index (χ4v) is 4.12. The molecule has 1 amide bonds. The monoisotopic (exact) mass is 496 g/mol. The molecule has 0 aliphatic heterocycles. The lowest BCUT2D eigenvalue weighted by Crippen LogP contribution is -2.13. The number of carbonyl (C=O) groups is 1. The van der Waals surface area contributed by atoms with Crippen LogP contribution in [-0.4, -0.2) is 29.3 Å². The molecule has 1 aromatic heterocycles. The van der Waals surface area contributed by atoms with Crippen LogP contribution in [0.25, 0.3) is 16.6 Å². The molecule has 0 spiro atoms. The molecule has 7 nitrogen and oxygen atoms in total. The van der Waals surface area contributed by atoms with Gasteiger partial charge in [0.25, 0.3) is 5.91 Å². The van der Waals surface area contributed by atoms with Crippen molar-refractivity contribution < 1.29 is 14.3 Å². The number of nitrogens with one attached hydrogen (secondary N) is 1. The third-order valence-electron chi connectivity index (χ3n) is 5.22. The Morgan fingerprint density at radius 2 is 1.58 bits per heavy atom. The number of aromatic nitrogens is 2. The summed E-state index contributed by atoms with van der Waals surface area (Å²) in [6.07, 6.45) is 1.52. The number of aryl methyl sites for hydroxylation is 2. The number of nitriles is 1. The number of anilines is 1. The highest BCUT2D eigenvalue weighted by atomic mass is 32.1. The van der Waals surface area contributed by atoms with E-state index in [2.05, 4.69) is 15.5 Å². The molecule has 1 heterocycles. The average molecular weight is 497 g/mol. The number of benzene rings is 3. The van der Waals surface area contributed by atoms with Crippen LogP contribution in [0.4, 0.5) is 5.13 Å². The van der Waals surface area contributed by atoms with Gasteiger partial charge < -0.3 is 9.47 Å². The first-order chi connectivity index (χ1) is 17.5. The summed E-state index contributed by atoms with van der Waals surface area (Å²) in [5.74, 6) is 0.922. The molecule has 0 saturated carbocycles. The number of hydrogen-bond acceptors (Lipinski definition) is 7. The first kappa shape index (κ1) is 24.6. The predicted molar refractivity (Wildman–Crippen MR) is 141 cm³/mol. The van der Waals surface area contributed by atoms with Crippen molar-refractivity contribution in [3.05, 3.63) is 95.1 Å². The summed E-state index contributed by atoms with van der Waals surface area (Å²) in [4.78, 5) is 12.6. The van der Waals surface area contributed by atoms with Crippen molar-refractivity contribution >= 4 is 28.5 Å². The molecule has 0 bridgehead atoms. The molecule has 0 atom stereocenters. The molecular weight excluding hydrogens is 472 g/mol. The maximum atomic E-state index is 12.6. The molecular formula is C28H24N4O3S. The van der Waals surface area contributed by atoms with Crippen molar-refractivity contribution in [1.82, 2.24) is 10.2 Å². The highest BCUT2D eigenvalue weighted by Crippen LogP contribution is 2.29. The summed E-state index contributed by atoms with van der Waals surface area (Å²) in [5, 5.41) is 21.4. The van der Waals surface area contributed by atoms with Crippen LogP contribution in [-0.2, 0) is 4.79 Å². The molecule has 36 heavy (non-hydrogen) atoms. The van der Waals surface area contributed by atoms with Crippen LogP contribution < -0.4 is 14.8 Å². The van der Waals surface area contributed by atoms with E-state index in [9.17, 15) is 10.1 Å². The molecule has 4 aromatic rings. The second-order valence-corrected chi connectivity index (χ2v) is 8.91. The summed E-state index contributed by atoms with van der Waals surface area (Å²) in [6.45, 7) is 4.82.